The second-order valence-electron chi connectivity index (χ2n) is 8.13. The van der Waals surface area contributed by atoms with Gasteiger partial charge in [0.15, 0.2) is 5.82 Å². The van der Waals surface area contributed by atoms with Crippen molar-refractivity contribution >= 4 is 32.8 Å². The molecule has 9 nitrogen and oxygen atoms in total. The van der Waals surface area contributed by atoms with Gasteiger partial charge in [0.1, 0.15) is 17.0 Å². The van der Waals surface area contributed by atoms with Crippen LogP contribution < -0.4 is 5.32 Å². The molecule has 0 spiro atoms. The highest BCUT2D eigenvalue weighted by molar-refractivity contribution is 7.88. The number of carbonyl (C=O) groups excluding carboxylic acids is 1. The Labute approximate surface area is 195 Å². The van der Waals surface area contributed by atoms with Crippen molar-refractivity contribution in [2.24, 2.45) is 0 Å². The zero-order valence-corrected chi connectivity index (χ0v) is 19.6. The van der Waals surface area contributed by atoms with E-state index in [2.05, 4.69) is 20.3 Å². The van der Waals surface area contributed by atoms with Crippen LogP contribution in [-0.2, 0) is 14.8 Å². The molecule has 1 N–H and O–H groups in total. The summed E-state index contributed by atoms with van der Waals surface area (Å²) in [5.41, 5.74) is 0.464. The maximum Gasteiger partial charge on any atom is 0.338 e. The number of hydrogen-bond acceptors (Lipinski definition) is 8. The summed E-state index contributed by atoms with van der Waals surface area (Å²) < 4.78 is 59.2. The molecule has 0 unspecified atom stereocenters. The second-order valence-corrected chi connectivity index (χ2v) is 10.1. The lowest BCUT2D eigenvalue weighted by molar-refractivity contribution is 0.0602. The number of anilines is 1. The summed E-state index contributed by atoms with van der Waals surface area (Å²) in [6.45, 7) is 2.33. The fourth-order valence-corrected chi connectivity index (χ4v) is 4.86. The van der Waals surface area contributed by atoms with Crippen LogP contribution in [0.4, 0.5) is 14.7 Å². The molecule has 0 bridgehead atoms. The van der Waals surface area contributed by atoms with Crippen LogP contribution in [0, 0.1) is 18.6 Å². The van der Waals surface area contributed by atoms with Crippen molar-refractivity contribution in [1.82, 2.24) is 19.3 Å². The normalized spacial score (nSPS) is 15.4. The van der Waals surface area contributed by atoms with E-state index in [4.69, 9.17) is 4.74 Å². The maximum absolute atomic E-state index is 14.9. The molecule has 2 aromatic heterocycles. The van der Waals surface area contributed by atoms with Gasteiger partial charge in [-0.25, -0.2) is 41.3 Å². The molecule has 1 fully saturated rings. The topological polar surface area (TPSA) is 114 Å². The molecule has 1 aromatic carbocycles. The number of hydrogen-bond donors (Lipinski definition) is 1. The van der Waals surface area contributed by atoms with E-state index in [1.165, 1.54) is 29.8 Å². The lowest BCUT2D eigenvalue weighted by Crippen LogP contribution is -2.42. The van der Waals surface area contributed by atoms with Gasteiger partial charge in [-0.3, -0.25) is 0 Å². The van der Waals surface area contributed by atoms with Gasteiger partial charge in [-0.2, -0.15) is 0 Å². The first-order valence-corrected chi connectivity index (χ1v) is 12.4. The molecule has 0 amide bonds. The van der Waals surface area contributed by atoms with Crippen LogP contribution in [0.15, 0.2) is 24.4 Å². The van der Waals surface area contributed by atoms with Crippen molar-refractivity contribution < 1.29 is 26.7 Å². The van der Waals surface area contributed by atoms with E-state index < -0.39 is 27.6 Å². The Balaban J connectivity index is 1.67. The Bertz CT molecular complexity index is 1380. The number of rotatable bonds is 5. The SMILES string of the molecule is COC(=O)c1cc(C)nc2c(F)cc(-c3nc(NC4CCN(S(C)(=O)=O)CC4)ncc3F)cc12. The van der Waals surface area contributed by atoms with Gasteiger partial charge in [0.25, 0.3) is 0 Å². The number of methoxy groups -OCH3 is 1. The molecule has 34 heavy (non-hydrogen) atoms. The third-order valence-corrected chi connectivity index (χ3v) is 6.98. The molecule has 180 valence electrons. The number of piperidine rings is 1. The molecule has 3 heterocycles. The first-order chi connectivity index (χ1) is 16.1. The molecule has 3 aromatic rings. The number of fused-ring (bicyclic) bond motifs is 1. The zero-order valence-electron chi connectivity index (χ0n) is 18.8. The van der Waals surface area contributed by atoms with Crippen LogP contribution >= 0.6 is 0 Å². The van der Waals surface area contributed by atoms with Crippen molar-refractivity contribution in [3.05, 3.63) is 47.3 Å². The van der Waals surface area contributed by atoms with Crippen LogP contribution in [0.5, 0.6) is 0 Å². The van der Waals surface area contributed by atoms with Crippen molar-refractivity contribution in [2.45, 2.75) is 25.8 Å². The van der Waals surface area contributed by atoms with E-state index >= 15 is 0 Å². The van der Waals surface area contributed by atoms with E-state index in [9.17, 15) is 22.0 Å². The van der Waals surface area contributed by atoms with Gasteiger partial charge in [0.05, 0.1) is 25.1 Å². The van der Waals surface area contributed by atoms with Crippen LogP contribution in [0.3, 0.4) is 0 Å². The minimum absolute atomic E-state index is 0.0328. The number of pyridine rings is 1. The third kappa shape index (κ3) is 4.82. The summed E-state index contributed by atoms with van der Waals surface area (Å²) in [6.07, 6.45) is 3.21. The summed E-state index contributed by atoms with van der Waals surface area (Å²) in [5, 5.41) is 3.27. The van der Waals surface area contributed by atoms with Crippen LogP contribution in [-0.4, -0.2) is 66.1 Å². The number of esters is 1. The summed E-state index contributed by atoms with van der Waals surface area (Å²) in [4.78, 5) is 24.6. The Hall–Kier alpha value is -3.25. The van der Waals surface area contributed by atoms with Crippen molar-refractivity contribution in [1.29, 1.82) is 0 Å². The number of ether oxygens (including phenoxy) is 1. The van der Waals surface area contributed by atoms with Gasteiger partial charge in [-0.1, -0.05) is 0 Å². The van der Waals surface area contributed by atoms with E-state index in [1.807, 2.05) is 0 Å². The average molecular weight is 492 g/mol. The van der Waals surface area contributed by atoms with E-state index in [1.54, 1.807) is 6.92 Å². The van der Waals surface area contributed by atoms with Gasteiger partial charge in [-0.15, -0.1) is 0 Å². The average Bonchev–Trinajstić information content (AvgIpc) is 2.79. The van der Waals surface area contributed by atoms with Crippen LogP contribution in [0.25, 0.3) is 22.2 Å². The minimum Gasteiger partial charge on any atom is -0.465 e. The van der Waals surface area contributed by atoms with E-state index in [0.717, 1.165) is 12.3 Å². The fraction of sp³-hybridized carbons (Fsp3) is 0.364. The fourth-order valence-electron chi connectivity index (χ4n) is 3.98. The number of halogens is 2. The number of sulfonamides is 1. The number of nitrogens with zero attached hydrogens (tertiary/aromatic N) is 4. The molecule has 1 aliphatic heterocycles. The number of aromatic nitrogens is 3. The lowest BCUT2D eigenvalue weighted by Gasteiger charge is -2.30. The Morgan fingerprint density at radius 1 is 1.15 bits per heavy atom. The van der Waals surface area contributed by atoms with Crippen molar-refractivity contribution in [3.63, 3.8) is 0 Å². The second kappa shape index (κ2) is 9.18. The van der Waals surface area contributed by atoms with Crippen LogP contribution in [0.1, 0.15) is 28.9 Å². The number of carbonyl (C=O) groups is 1. The monoisotopic (exact) mass is 491 g/mol. The maximum atomic E-state index is 14.9. The Morgan fingerprint density at radius 3 is 2.50 bits per heavy atom. The Morgan fingerprint density at radius 2 is 1.85 bits per heavy atom. The van der Waals surface area contributed by atoms with E-state index in [-0.39, 0.29) is 39.7 Å². The number of benzene rings is 1. The van der Waals surface area contributed by atoms with Gasteiger partial charge in [0.2, 0.25) is 16.0 Å². The Kier molecular flexibility index (Phi) is 6.45. The van der Waals surface area contributed by atoms with Gasteiger partial charge in [0, 0.05) is 35.8 Å². The van der Waals surface area contributed by atoms with Crippen molar-refractivity contribution in [3.8, 4) is 11.3 Å². The minimum atomic E-state index is -3.26. The predicted octanol–water partition coefficient (Wildman–Crippen LogP) is 2.90. The first-order valence-electron chi connectivity index (χ1n) is 10.5. The highest BCUT2D eigenvalue weighted by atomic mass is 32.2. The smallest absolute Gasteiger partial charge is 0.338 e. The highest BCUT2D eigenvalue weighted by Gasteiger charge is 2.26. The molecule has 0 aliphatic carbocycles. The molecule has 0 atom stereocenters. The first kappa shape index (κ1) is 23.9. The van der Waals surface area contributed by atoms with Crippen molar-refractivity contribution in [2.75, 3.05) is 31.8 Å². The number of nitrogens with one attached hydrogen (secondary N) is 1. The summed E-state index contributed by atoms with van der Waals surface area (Å²) in [6, 6.07) is 3.92. The van der Waals surface area contributed by atoms with E-state index in [0.29, 0.717) is 31.6 Å². The lowest BCUT2D eigenvalue weighted by atomic mass is 10.0. The molecular formula is C22H23F2N5O4S. The predicted molar refractivity (Wildman–Crippen MR) is 122 cm³/mol. The molecule has 4 rings (SSSR count). The summed E-state index contributed by atoms with van der Waals surface area (Å²) in [7, 11) is -2.04. The van der Waals surface area contributed by atoms with Crippen LogP contribution in [0.2, 0.25) is 0 Å². The summed E-state index contributed by atoms with van der Waals surface area (Å²) >= 11 is 0. The molecule has 1 saturated heterocycles. The zero-order chi connectivity index (χ0) is 24.6. The van der Waals surface area contributed by atoms with Gasteiger partial charge >= 0.3 is 5.97 Å². The summed E-state index contributed by atoms with van der Waals surface area (Å²) in [5.74, 6) is -2.04. The third-order valence-electron chi connectivity index (χ3n) is 5.67. The molecular weight excluding hydrogens is 468 g/mol. The largest absolute Gasteiger partial charge is 0.465 e. The quantitative estimate of drug-likeness (QED) is 0.542. The standard InChI is InChI=1S/C22H23F2N5O4S/c1-12-8-16(21(30)33-2)15-9-13(10-17(23)20(15)26-12)19-18(24)11-25-22(28-19)27-14-4-6-29(7-5-14)34(3,31)32/h8-11,14H,4-7H2,1-3H3,(H,25,27,28). The van der Waals surface area contributed by atoms with Gasteiger partial charge < -0.3 is 10.1 Å². The van der Waals surface area contributed by atoms with Gasteiger partial charge in [-0.05, 0) is 38.0 Å². The number of aryl methyl sites for hydroxylation is 1. The highest BCUT2D eigenvalue weighted by Crippen LogP contribution is 2.30. The molecule has 0 radical (unpaired) electrons. The molecule has 0 saturated carbocycles. The molecule has 12 heteroatoms. The molecule has 1 aliphatic rings.